The lowest BCUT2D eigenvalue weighted by atomic mass is 9.65. The van der Waals surface area contributed by atoms with Gasteiger partial charge in [-0.25, -0.2) is 4.98 Å². The molecule has 21 heavy (non-hydrogen) atoms. The zero-order valence-electron chi connectivity index (χ0n) is 11.8. The summed E-state index contributed by atoms with van der Waals surface area (Å²) in [6, 6.07) is 21.3. The molecule has 1 heterocycles. The van der Waals surface area contributed by atoms with Crippen LogP contribution in [0.25, 0.3) is 11.3 Å². The van der Waals surface area contributed by atoms with Crippen LogP contribution in [0.2, 0.25) is 0 Å². The molecule has 4 rings (SSSR count). The van der Waals surface area contributed by atoms with Gasteiger partial charge in [-0.15, -0.1) is 11.3 Å². The molecule has 0 N–H and O–H groups in total. The molecule has 3 aromatic rings. The summed E-state index contributed by atoms with van der Waals surface area (Å²) in [5.41, 5.74) is 3.91. The lowest BCUT2D eigenvalue weighted by molar-refractivity contribution is 0.300. The molecule has 2 aromatic carbocycles. The molecule has 1 aliphatic carbocycles. The van der Waals surface area contributed by atoms with Gasteiger partial charge in [0.25, 0.3) is 0 Å². The zero-order chi connectivity index (χ0) is 14.1. The molecule has 0 bridgehead atoms. The quantitative estimate of drug-likeness (QED) is 0.639. The van der Waals surface area contributed by atoms with Crippen LogP contribution in [0.4, 0.5) is 0 Å². The molecule has 0 radical (unpaired) electrons. The smallest absolute Gasteiger partial charge is 0.104 e. The SMILES string of the molecule is c1ccc(-c2csc(C3(c4ccccc4)CCC3)n2)cc1. The van der Waals surface area contributed by atoms with Gasteiger partial charge >= 0.3 is 0 Å². The van der Waals surface area contributed by atoms with Gasteiger partial charge in [0.15, 0.2) is 0 Å². The van der Waals surface area contributed by atoms with Crippen molar-refractivity contribution in [1.29, 1.82) is 0 Å². The van der Waals surface area contributed by atoms with Gasteiger partial charge in [-0.2, -0.15) is 0 Å². The number of thiazole rings is 1. The van der Waals surface area contributed by atoms with Crippen LogP contribution in [-0.2, 0) is 5.41 Å². The van der Waals surface area contributed by atoms with E-state index in [0.29, 0.717) is 0 Å². The number of aromatic nitrogens is 1. The van der Waals surface area contributed by atoms with Gasteiger partial charge in [0, 0.05) is 16.4 Å². The predicted molar refractivity (Wildman–Crippen MR) is 88.6 cm³/mol. The maximum atomic E-state index is 4.97. The van der Waals surface area contributed by atoms with Crippen LogP contribution in [0.15, 0.2) is 66.0 Å². The molecule has 0 saturated heterocycles. The van der Waals surface area contributed by atoms with Gasteiger partial charge in [0.2, 0.25) is 0 Å². The Hall–Kier alpha value is -1.93. The molecule has 0 amide bonds. The van der Waals surface area contributed by atoms with E-state index >= 15 is 0 Å². The summed E-state index contributed by atoms with van der Waals surface area (Å²) in [6.07, 6.45) is 3.74. The molecule has 1 aromatic heterocycles. The topological polar surface area (TPSA) is 12.9 Å². The van der Waals surface area contributed by atoms with E-state index in [0.717, 1.165) is 5.69 Å². The van der Waals surface area contributed by atoms with Crippen LogP contribution < -0.4 is 0 Å². The minimum absolute atomic E-state index is 0.166. The first-order chi connectivity index (χ1) is 10.4. The average Bonchev–Trinajstić information content (AvgIpc) is 2.98. The van der Waals surface area contributed by atoms with Crippen molar-refractivity contribution < 1.29 is 0 Å². The number of hydrogen-bond donors (Lipinski definition) is 0. The van der Waals surface area contributed by atoms with Crippen LogP contribution in [0.3, 0.4) is 0 Å². The Morgan fingerprint density at radius 3 is 2.14 bits per heavy atom. The normalized spacial score (nSPS) is 16.4. The lowest BCUT2D eigenvalue weighted by Crippen LogP contribution is -2.35. The van der Waals surface area contributed by atoms with Gasteiger partial charge < -0.3 is 0 Å². The summed E-state index contributed by atoms with van der Waals surface area (Å²) >= 11 is 1.81. The molecule has 104 valence electrons. The third-order valence-electron chi connectivity index (χ3n) is 4.52. The van der Waals surface area contributed by atoms with E-state index in [1.165, 1.54) is 35.4 Å². The van der Waals surface area contributed by atoms with Crippen molar-refractivity contribution in [3.05, 3.63) is 76.6 Å². The second kappa shape index (κ2) is 5.12. The first-order valence-electron chi connectivity index (χ1n) is 7.45. The highest BCUT2D eigenvalue weighted by Crippen LogP contribution is 2.50. The maximum Gasteiger partial charge on any atom is 0.104 e. The summed E-state index contributed by atoms with van der Waals surface area (Å²) in [7, 11) is 0. The van der Waals surface area contributed by atoms with Crippen molar-refractivity contribution in [1.82, 2.24) is 4.98 Å². The summed E-state index contributed by atoms with van der Waals surface area (Å²) in [5, 5.41) is 3.48. The van der Waals surface area contributed by atoms with Crippen LogP contribution >= 0.6 is 11.3 Å². The van der Waals surface area contributed by atoms with Gasteiger partial charge in [-0.1, -0.05) is 67.1 Å². The molecular weight excluding hydrogens is 274 g/mol. The van der Waals surface area contributed by atoms with Gasteiger partial charge in [0.1, 0.15) is 5.01 Å². The van der Waals surface area contributed by atoms with Crippen molar-refractivity contribution in [2.45, 2.75) is 24.7 Å². The summed E-state index contributed by atoms with van der Waals surface area (Å²) in [5.74, 6) is 0. The fraction of sp³-hybridized carbons (Fsp3) is 0.211. The van der Waals surface area contributed by atoms with Crippen LogP contribution in [0.5, 0.6) is 0 Å². The lowest BCUT2D eigenvalue weighted by Gasteiger charge is -2.40. The molecule has 2 heteroatoms. The zero-order valence-corrected chi connectivity index (χ0v) is 12.6. The Balaban J connectivity index is 1.75. The Labute approximate surface area is 129 Å². The fourth-order valence-electron chi connectivity index (χ4n) is 3.15. The van der Waals surface area contributed by atoms with Gasteiger partial charge in [-0.3, -0.25) is 0 Å². The van der Waals surface area contributed by atoms with E-state index in [9.17, 15) is 0 Å². The van der Waals surface area contributed by atoms with E-state index in [1.54, 1.807) is 0 Å². The molecular formula is C19H17NS. The molecule has 0 atom stereocenters. The van der Waals surface area contributed by atoms with E-state index in [2.05, 4.69) is 60.0 Å². The second-order valence-electron chi connectivity index (χ2n) is 5.71. The fourth-order valence-corrected chi connectivity index (χ4v) is 4.26. The third kappa shape index (κ3) is 2.11. The number of rotatable bonds is 3. The maximum absolute atomic E-state index is 4.97. The van der Waals surface area contributed by atoms with E-state index in [4.69, 9.17) is 4.98 Å². The predicted octanol–water partition coefficient (Wildman–Crippen LogP) is 5.28. The summed E-state index contributed by atoms with van der Waals surface area (Å²) in [6.45, 7) is 0. The molecule has 0 aliphatic heterocycles. The standard InChI is InChI=1S/C19H17NS/c1-3-8-15(9-4-1)17-14-21-18(20-17)19(12-7-13-19)16-10-5-2-6-11-16/h1-6,8-11,14H,7,12-13H2. The van der Waals surface area contributed by atoms with E-state index < -0.39 is 0 Å². The largest absolute Gasteiger partial charge is 0.240 e. The van der Waals surface area contributed by atoms with E-state index in [1.807, 2.05) is 17.4 Å². The molecule has 1 aliphatic rings. The molecule has 1 saturated carbocycles. The Morgan fingerprint density at radius 1 is 0.857 bits per heavy atom. The third-order valence-corrected chi connectivity index (χ3v) is 5.56. The minimum Gasteiger partial charge on any atom is -0.240 e. The molecule has 1 nitrogen and oxygen atoms in total. The number of hydrogen-bond acceptors (Lipinski definition) is 2. The molecule has 0 spiro atoms. The summed E-state index contributed by atoms with van der Waals surface area (Å²) in [4.78, 5) is 4.97. The Kier molecular flexibility index (Phi) is 3.12. The highest BCUT2D eigenvalue weighted by molar-refractivity contribution is 7.10. The van der Waals surface area contributed by atoms with Gasteiger partial charge in [0.05, 0.1) is 5.69 Å². The van der Waals surface area contributed by atoms with Crippen molar-refractivity contribution in [2.24, 2.45) is 0 Å². The Morgan fingerprint density at radius 2 is 1.52 bits per heavy atom. The Bertz CT molecular complexity index is 727. The highest BCUT2D eigenvalue weighted by Gasteiger charge is 2.42. The monoisotopic (exact) mass is 291 g/mol. The summed E-state index contributed by atoms with van der Waals surface area (Å²) < 4.78 is 0. The van der Waals surface area contributed by atoms with Crippen LogP contribution in [-0.4, -0.2) is 4.98 Å². The average molecular weight is 291 g/mol. The molecule has 0 unspecified atom stereocenters. The second-order valence-corrected chi connectivity index (χ2v) is 6.56. The van der Waals surface area contributed by atoms with E-state index in [-0.39, 0.29) is 5.41 Å². The highest BCUT2D eigenvalue weighted by atomic mass is 32.1. The van der Waals surface area contributed by atoms with Crippen molar-refractivity contribution in [3.8, 4) is 11.3 Å². The molecule has 1 fully saturated rings. The number of nitrogens with zero attached hydrogens (tertiary/aromatic N) is 1. The van der Waals surface area contributed by atoms with Crippen LogP contribution in [0.1, 0.15) is 29.8 Å². The first-order valence-corrected chi connectivity index (χ1v) is 8.33. The number of benzene rings is 2. The van der Waals surface area contributed by atoms with Crippen molar-refractivity contribution in [2.75, 3.05) is 0 Å². The minimum atomic E-state index is 0.166. The van der Waals surface area contributed by atoms with Crippen molar-refractivity contribution in [3.63, 3.8) is 0 Å². The first kappa shape index (κ1) is 12.8. The van der Waals surface area contributed by atoms with Gasteiger partial charge in [-0.05, 0) is 18.4 Å². The van der Waals surface area contributed by atoms with Crippen molar-refractivity contribution >= 4 is 11.3 Å². The van der Waals surface area contributed by atoms with Crippen LogP contribution in [0, 0.1) is 0 Å².